The van der Waals surface area contributed by atoms with E-state index in [4.69, 9.17) is 21.1 Å². The number of rotatable bonds is 3. The number of nitrogens with one attached hydrogen (secondary N) is 1. The van der Waals surface area contributed by atoms with Crippen LogP contribution in [-0.4, -0.2) is 31.1 Å². The SMILES string of the molecule is [O-]N1C=c2cc3c(cc2C(c2ccc(Cl)cc2)=C1C1CCOCC1)=CNN3C1CCCCO1. The molecule has 0 saturated carbocycles. The van der Waals surface area contributed by atoms with Gasteiger partial charge in [-0.3, -0.25) is 5.01 Å². The number of hydrazine groups is 1. The summed E-state index contributed by atoms with van der Waals surface area (Å²) in [5.41, 5.74) is 8.35. The molecule has 4 heterocycles. The van der Waals surface area contributed by atoms with Crippen molar-refractivity contribution < 1.29 is 9.47 Å². The summed E-state index contributed by atoms with van der Waals surface area (Å²) in [5, 5.41) is 19.4. The smallest absolute Gasteiger partial charge is 0.148 e. The third kappa shape index (κ3) is 3.81. The molecule has 1 N–H and O–H groups in total. The lowest BCUT2D eigenvalue weighted by molar-refractivity contribution is 0.0113. The number of benzene rings is 2. The molecule has 2 saturated heterocycles. The van der Waals surface area contributed by atoms with Gasteiger partial charge in [-0.2, -0.15) is 0 Å². The molecule has 0 radical (unpaired) electrons. The van der Waals surface area contributed by atoms with E-state index in [1.807, 2.05) is 30.5 Å². The molecule has 0 bridgehead atoms. The highest BCUT2D eigenvalue weighted by molar-refractivity contribution is 6.30. The van der Waals surface area contributed by atoms with E-state index in [1.54, 1.807) is 6.20 Å². The zero-order chi connectivity index (χ0) is 22.4. The van der Waals surface area contributed by atoms with Crippen LogP contribution in [0.4, 0.5) is 5.69 Å². The molecule has 2 aromatic rings. The Bertz CT molecular complexity index is 1200. The van der Waals surface area contributed by atoms with Gasteiger partial charge in [-0.05, 0) is 72.7 Å². The van der Waals surface area contributed by atoms with Crippen molar-refractivity contribution in [3.05, 3.63) is 73.9 Å². The second-order valence-electron chi connectivity index (χ2n) is 9.07. The second kappa shape index (κ2) is 8.69. The van der Waals surface area contributed by atoms with Crippen LogP contribution in [-0.2, 0) is 9.47 Å². The van der Waals surface area contributed by atoms with Gasteiger partial charge >= 0.3 is 0 Å². The minimum atomic E-state index is 0.00493. The average molecular weight is 465 g/mol. The minimum Gasteiger partial charge on any atom is -0.754 e. The van der Waals surface area contributed by atoms with E-state index in [-0.39, 0.29) is 12.1 Å². The van der Waals surface area contributed by atoms with Crippen LogP contribution < -0.4 is 20.9 Å². The molecule has 0 aromatic heterocycles. The summed E-state index contributed by atoms with van der Waals surface area (Å²) in [5.74, 6) is 0.161. The van der Waals surface area contributed by atoms with Gasteiger partial charge in [-0.1, -0.05) is 23.7 Å². The van der Waals surface area contributed by atoms with Crippen LogP contribution in [0.3, 0.4) is 0 Å². The Morgan fingerprint density at radius 1 is 0.970 bits per heavy atom. The lowest BCUT2D eigenvalue weighted by Crippen LogP contribution is -2.45. The molecule has 2 aromatic carbocycles. The summed E-state index contributed by atoms with van der Waals surface area (Å²) in [6.07, 6.45) is 8.71. The molecule has 6 nitrogen and oxygen atoms in total. The predicted octanol–water partition coefficient (Wildman–Crippen LogP) is 3.67. The fraction of sp³-hybridized carbons (Fsp3) is 0.385. The number of hydrogen-bond acceptors (Lipinski definition) is 6. The van der Waals surface area contributed by atoms with Gasteiger partial charge in [0.2, 0.25) is 0 Å². The summed E-state index contributed by atoms with van der Waals surface area (Å²) in [7, 11) is 0. The van der Waals surface area contributed by atoms with Gasteiger partial charge in [-0.25, -0.2) is 0 Å². The molecular weight excluding hydrogens is 438 g/mol. The summed E-state index contributed by atoms with van der Waals surface area (Å²) in [4.78, 5) is 0. The number of allylic oxidation sites excluding steroid dienone is 1. The summed E-state index contributed by atoms with van der Waals surface area (Å²) >= 11 is 6.19. The van der Waals surface area contributed by atoms with Crippen molar-refractivity contribution in [2.24, 2.45) is 5.92 Å². The number of nitrogens with zero attached hydrogens (tertiary/aromatic N) is 2. The number of hydrogen-bond donors (Lipinski definition) is 1. The third-order valence-corrected chi connectivity index (χ3v) is 7.27. The largest absolute Gasteiger partial charge is 0.754 e. The van der Waals surface area contributed by atoms with E-state index in [9.17, 15) is 5.21 Å². The van der Waals surface area contributed by atoms with Crippen LogP contribution in [0.2, 0.25) is 5.02 Å². The van der Waals surface area contributed by atoms with E-state index in [1.165, 1.54) is 0 Å². The highest BCUT2D eigenvalue weighted by Crippen LogP contribution is 2.38. The second-order valence-corrected chi connectivity index (χ2v) is 9.51. The summed E-state index contributed by atoms with van der Waals surface area (Å²) < 4.78 is 11.6. The molecular formula is C26H27ClN3O3-. The van der Waals surface area contributed by atoms with Crippen molar-refractivity contribution in [3.63, 3.8) is 0 Å². The monoisotopic (exact) mass is 464 g/mol. The van der Waals surface area contributed by atoms with Crippen molar-refractivity contribution in [1.29, 1.82) is 0 Å². The van der Waals surface area contributed by atoms with Gasteiger partial charge in [0.1, 0.15) is 6.23 Å². The van der Waals surface area contributed by atoms with Crippen molar-refractivity contribution in [2.75, 3.05) is 24.8 Å². The van der Waals surface area contributed by atoms with Crippen LogP contribution in [0, 0.1) is 11.1 Å². The topological polar surface area (TPSA) is 60.0 Å². The predicted molar refractivity (Wildman–Crippen MR) is 130 cm³/mol. The van der Waals surface area contributed by atoms with E-state index < -0.39 is 0 Å². The first-order valence-electron chi connectivity index (χ1n) is 11.8. The van der Waals surface area contributed by atoms with E-state index in [0.29, 0.717) is 18.2 Å². The zero-order valence-electron chi connectivity index (χ0n) is 18.4. The number of fused-ring (bicyclic) bond motifs is 2. The van der Waals surface area contributed by atoms with Crippen LogP contribution in [0.15, 0.2) is 42.1 Å². The summed E-state index contributed by atoms with van der Waals surface area (Å²) in [6.45, 7) is 2.14. The van der Waals surface area contributed by atoms with Crippen molar-refractivity contribution >= 4 is 35.3 Å². The molecule has 0 aliphatic carbocycles. The van der Waals surface area contributed by atoms with Crippen LogP contribution >= 0.6 is 11.6 Å². The van der Waals surface area contributed by atoms with Gasteiger partial charge in [-0.15, -0.1) is 0 Å². The Morgan fingerprint density at radius 2 is 1.79 bits per heavy atom. The molecule has 33 heavy (non-hydrogen) atoms. The molecule has 172 valence electrons. The molecule has 1 unspecified atom stereocenters. The Hall–Kier alpha value is -2.51. The molecule has 7 heteroatoms. The fourth-order valence-corrected chi connectivity index (χ4v) is 5.49. The van der Waals surface area contributed by atoms with Crippen molar-refractivity contribution in [1.82, 2.24) is 10.5 Å². The van der Waals surface area contributed by atoms with E-state index >= 15 is 0 Å². The standard InChI is InChI=1S/C26H27ClN3O3/c27-21-6-4-17(5-7-21)25-22-13-19-15-28-30(24-3-1-2-10-33-24)23(19)14-20(22)16-29(31)26(25)18-8-11-32-12-9-18/h4-7,13-16,18,24,28H,1-3,8-12H2/q-1. The van der Waals surface area contributed by atoms with Gasteiger partial charge < -0.3 is 25.2 Å². The third-order valence-electron chi connectivity index (χ3n) is 7.02. The Labute approximate surface area is 198 Å². The molecule has 0 amide bonds. The molecule has 4 aliphatic heterocycles. The maximum atomic E-state index is 13.5. The van der Waals surface area contributed by atoms with E-state index in [0.717, 1.165) is 82.3 Å². The molecule has 6 rings (SSSR count). The average Bonchev–Trinajstić information content (AvgIpc) is 3.26. The Kier molecular flexibility index (Phi) is 5.54. The number of halogens is 1. The van der Waals surface area contributed by atoms with Gasteiger partial charge in [0.05, 0.1) is 5.69 Å². The molecule has 1 atom stereocenters. The molecule has 4 aliphatic rings. The van der Waals surface area contributed by atoms with Crippen molar-refractivity contribution in [2.45, 2.75) is 38.3 Å². The number of anilines is 1. The molecule has 2 fully saturated rings. The summed E-state index contributed by atoms with van der Waals surface area (Å²) in [6, 6.07) is 12.1. The lowest BCUT2D eigenvalue weighted by Gasteiger charge is -2.41. The minimum absolute atomic E-state index is 0.00493. The van der Waals surface area contributed by atoms with Gasteiger partial charge in [0, 0.05) is 59.6 Å². The van der Waals surface area contributed by atoms with Crippen LogP contribution in [0.25, 0.3) is 18.0 Å². The maximum Gasteiger partial charge on any atom is 0.148 e. The number of ether oxygens (including phenoxy) is 2. The van der Waals surface area contributed by atoms with Crippen LogP contribution in [0.1, 0.15) is 43.2 Å². The maximum absolute atomic E-state index is 13.5. The zero-order valence-corrected chi connectivity index (χ0v) is 19.2. The fourth-order valence-electron chi connectivity index (χ4n) is 5.36. The normalized spacial score (nSPS) is 22.9. The van der Waals surface area contributed by atoms with E-state index in [2.05, 4.69) is 22.6 Å². The van der Waals surface area contributed by atoms with Crippen LogP contribution in [0.5, 0.6) is 0 Å². The quantitative estimate of drug-likeness (QED) is 0.748. The first kappa shape index (κ1) is 21.1. The first-order valence-corrected chi connectivity index (χ1v) is 12.1. The van der Waals surface area contributed by atoms with Gasteiger partial charge in [0.25, 0.3) is 0 Å². The first-order chi connectivity index (χ1) is 16.2. The lowest BCUT2D eigenvalue weighted by atomic mass is 9.84. The van der Waals surface area contributed by atoms with Crippen molar-refractivity contribution in [3.8, 4) is 0 Å². The highest BCUT2D eigenvalue weighted by atomic mass is 35.5. The Morgan fingerprint density at radius 3 is 2.55 bits per heavy atom. The Balaban J connectivity index is 1.50. The number of hydroxylamine groups is 2. The highest BCUT2D eigenvalue weighted by Gasteiger charge is 2.29. The van der Waals surface area contributed by atoms with Gasteiger partial charge in [0.15, 0.2) is 0 Å². The molecule has 0 spiro atoms.